The van der Waals surface area contributed by atoms with Crippen molar-refractivity contribution < 1.29 is 18.6 Å². The highest BCUT2D eigenvalue weighted by Crippen LogP contribution is 2.27. The van der Waals surface area contributed by atoms with Gasteiger partial charge in [-0.2, -0.15) is 0 Å². The van der Waals surface area contributed by atoms with Crippen molar-refractivity contribution in [2.45, 2.75) is 10.6 Å². The maximum atomic E-state index is 12.6. The van der Waals surface area contributed by atoms with Gasteiger partial charge in [-0.3, -0.25) is 9.00 Å². The number of nitrogens with one attached hydrogen (secondary N) is 1. The summed E-state index contributed by atoms with van der Waals surface area (Å²) in [6.07, 6.45) is 0. The Morgan fingerprint density at radius 1 is 1.00 bits per heavy atom. The van der Waals surface area contributed by atoms with Crippen molar-refractivity contribution in [3.05, 3.63) is 90.0 Å². The average molecular weight is 423 g/mol. The largest absolute Gasteiger partial charge is 0.457 e. The number of nitrogens with zero attached hydrogens (tertiary/aromatic N) is 1. The van der Waals surface area contributed by atoms with Crippen molar-refractivity contribution in [2.75, 3.05) is 14.2 Å². The van der Waals surface area contributed by atoms with Gasteiger partial charge in [0, 0.05) is 11.9 Å². The van der Waals surface area contributed by atoms with Crippen LogP contribution in [0.1, 0.15) is 11.1 Å². The molecule has 0 aliphatic rings. The second kappa shape index (κ2) is 10.4. The standard InChI is InChI=1S/C23H22N2O4S/c1-24-23(26)22(25-28-2)20-13-6-7-14-21(20)29-18-10-8-9-17(15-18)16-30(27)19-11-4-3-5-12-19/h3-15H,16H2,1-2H3,(H,24,26). The first-order valence-corrected chi connectivity index (χ1v) is 10.6. The number of para-hydroxylation sites is 1. The number of oxime groups is 1. The molecule has 3 aromatic rings. The van der Waals surface area contributed by atoms with E-state index in [9.17, 15) is 9.00 Å². The fourth-order valence-electron chi connectivity index (χ4n) is 2.81. The number of benzene rings is 3. The molecule has 0 heterocycles. The van der Waals surface area contributed by atoms with Crippen LogP contribution in [0.25, 0.3) is 0 Å². The first-order chi connectivity index (χ1) is 14.6. The van der Waals surface area contributed by atoms with E-state index in [1.807, 2.05) is 48.5 Å². The van der Waals surface area contributed by atoms with Crippen LogP contribution in [-0.2, 0) is 26.2 Å². The summed E-state index contributed by atoms with van der Waals surface area (Å²) in [7, 11) is 1.74. The van der Waals surface area contributed by atoms with Gasteiger partial charge in [-0.25, -0.2) is 0 Å². The lowest BCUT2D eigenvalue weighted by Crippen LogP contribution is -2.28. The molecule has 0 spiro atoms. The van der Waals surface area contributed by atoms with Crippen LogP contribution in [0, 0.1) is 0 Å². The first kappa shape index (κ1) is 21.3. The third-order valence-corrected chi connectivity index (χ3v) is 5.59. The van der Waals surface area contributed by atoms with Crippen molar-refractivity contribution in [1.82, 2.24) is 5.32 Å². The molecule has 7 heteroatoms. The number of carbonyl (C=O) groups is 1. The predicted octanol–water partition coefficient (Wildman–Crippen LogP) is 3.88. The Bertz CT molecular complexity index is 1070. The SMILES string of the molecule is CNC(=O)C(=NOC)c1ccccc1Oc1cccc(CS(=O)c2ccccc2)c1. The van der Waals surface area contributed by atoms with E-state index < -0.39 is 10.8 Å². The quantitative estimate of drug-likeness (QED) is 0.441. The summed E-state index contributed by atoms with van der Waals surface area (Å²) >= 11 is 0. The monoisotopic (exact) mass is 422 g/mol. The van der Waals surface area contributed by atoms with Crippen molar-refractivity contribution >= 4 is 22.4 Å². The minimum absolute atomic E-state index is 0.108. The van der Waals surface area contributed by atoms with E-state index in [1.54, 1.807) is 30.3 Å². The van der Waals surface area contributed by atoms with Crippen LogP contribution < -0.4 is 10.1 Å². The minimum atomic E-state index is -1.16. The van der Waals surface area contributed by atoms with Crippen LogP contribution in [0.15, 0.2) is 88.9 Å². The smallest absolute Gasteiger partial charge is 0.273 e. The van der Waals surface area contributed by atoms with Gasteiger partial charge in [-0.05, 0) is 42.0 Å². The molecular weight excluding hydrogens is 400 g/mol. The Labute approximate surface area is 178 Å². The molecule has 6 nitrogen and oxygen atoms in total. The van der Waals surface area contributed by atoms with Gasteiger partial charge in [0.25, 0.3) is 5.91 Å². The number of ether oxygens (including phenoxy) is 1. The zero-order valence-electron chi connectivity index (χ0n) is 16.7. The van der Waals surface area contributed by atoms with Gasteiger partial charge >= 0.3 is 0 Å². The number of rotatable bonds is 8. The summed E-state index contributed by atoms with van der Waals surface area (Å²) in [4.78, 5) is 17.8. The number of hydrogen-bond donors (Lipinski definition) is 1. The van der Waals surface area contributed by atoms with Crippen LogP contribution in [-0.4, -0.2) is 30.0 Å². The summed E-state index contributed by atoms with van der Waals surface area (Å²) < 4.78 is 18.6. The van der Waals surface area contributed by atoms with Crippen LogP contribution in [0.5, 0.6) is 11.5 Å². The van der Waals surface area contributed by atoms with Crippen LogP contribution in [0.2, 0.25) is 0 Å². The lowest BCUT2D eigenvalue weighted by Gasteiger charge is -2.13. The molecule has 0 fully saturated rings. The van der Waals surface area contributed by atoms with E-state index in [4.69, 9.17) is 9.57 Å². The second-order valence-corrected chi connectivity index (χ2v) is 7.70. The van der Waals surface area contributed by atoms with E-state index >= 15 is 0 Å². The van der Waals surface area contributed by atoms with Crippen LogP contribution in [0.3, 0.4) is 0 Å². The number of hydrogen-bond acceptors (Lipinski definition) is 5. The minimum Gasteiger partial charge on any atom is -0.457 e. The normalized spacial score (nSPS) is 12.1. The van der Waals surface area contributed by atoms with Crippen molar-refractivity contribution in [1.29, 1.82) is 0 Å². The average Bonchev–Trinajstić information content (AvgIpc) is 2.78. The van der Waals surface area contributed by atoms with Gasteiger partial charge in [0.2, 0.25) is 0 Å². The highest BCUT2D eigenvalue weighted by atomic mass is 32.2. The summed E-state index contributed by atoms with van der Waals surface area (Å²) in [5, 5.41) is 6.39. The molecule has 1 unspecified atom stereocenters. The predicted molar refractivity (Wildman–Crippen MR) is 117 cm³/mol. The van der Waals surface area contributed by atoms with Crippen LogP contribution >= 0.6 is 0 Å². The number of carbonyl (C=O) groups excluding carboxylic acids is 1. The topological polar surface area (TPSA) is 77.0 Å². The zero-order chi connectivity index (χ0) is 21.3. The molecule has 0 bridgehead atoms. The van der Waals surface area contributed by atoms with Crippen LogP contribution in [0.4, 0.5) is 0 Å². The third kappa shape index (κ3) is 5.33. The lowest BCUT2D eigenvalue weighted by molar-refractivity contribution is -0.114. The highest BCUT2D eigenvalue weighted by Gasteiger charge is 2.18. The molecule has 30 heavy (non-hydrogen) atoms. The van der Waals surface area contributed by atoms with Gasteiger partial charge in [0.1, 0.15) is 18.6 Å². The van der Waals surface area contributed by atoms with Gasteiger partial charge in [0.05, 0.1) is 22.1 Å². The molecule has 3 aromatic carbocycles. The maximum absolute atomic E-state index is 12.6. The Morgan fingerprint density at radius 2 is 1.73 bits per heavy atom. The first-order valence-electron chi connectivity index (χ1n) is 9.25. The van der Waals surface area contributed by atoms with Gasteiger partial charge < -0.3 is 14.9 Å². The molecule has 154 valence electrons. The molecule has 0 aliphatic carbocycles. The Morgan fingerprint density at radius 3 is 2.47 bits per heavy atom. The molecule has 0 radical (unpaired) electrons. The second-order valence-electron chi connectivity index (χ2n) is 6.25. The van der Waals surface area contributed by atoms with Crippen molar-refractivity contribution in [3.63, 3.8) is 0 Å². The van der Waals surface area contributed by atoms with Gasteiger partial charge in [0.15, 0.2) is 5.71 Å². The summed E-state index contributed by atoms with van der Waals surface area (Å²) in [6, 6.07) is 23.8. The molecule has 1 atom stereocenters. The summed E-state index contributed by atoms with van der Waals surface area (Å²) in [5.41, 5.74) is 1.48. The Kier molecular flexibility index (Phi) is 7.34. The fourth-order valence-corrected chi connectivity index (χ4v) is 3.92. The molecule has 3 rings (SSSR count). The summed E-state index contributed by atoms with van der Waals surface area (Å²) in [5.74, 6) is 1.01. The van der Waals surface area contributed by atoms with E-state index in [-0.39, 0.29) is 11.6 Å². The highest BCUT2D eigenvalue weighted by molar-refractivity contribution is 7.84. The number of likely N-dealkylation sites (N-methyl/N-ethyl adjacent to an activating group) is 1. The maximum Gasteiger partial charge on any atom is 0.273 e. The Balaban J connectivity index is 1.84. The van der Waals surface area contributed by atoms with Gasteiger partial charge in [-0.15, -0.1) is 0 Å². The molecule has 1 amide bonds. The number of amides is 1. The lowest BCUT2D eigenvalue weighted by atomic mass is 10.1. The molecule has 0 saturated heterocycles. The Hall–Kier alpha value is -3.45. The van der Waals surface area contributed by atoms with Gasteiger partial charge in [-0.1, -0.05) is 47.6 Å². The molecule has 0 saturated carbocycles. The molecular formula is C23H22N2O4S. The molecule has 0 aromatic heterocycles. The molecule has 0 aliphatic heterocycles. The van der Waals surface area contributed by atoms with E-state index in [0.29, 0.717) is 22.8 Å². The van der Waals surface area contributed by atoms with E-state index in [1.165, 1.54) is 14.2 Å². The molecule has 1 N–H and O–H groups in total. The summed E-state index contributed by atoms with van der Waals surface area (Å²) in [6.45, 7) is 0. The van der Waals surface area contributed by atoms with E-state index in [0.717, 1.165) is 10.5 Å². The van der Waals surface area contributed by atoms with Crippen molar-refractivity contribution in [2.24, 2.45) is 5.16 Å². The van der Waals surface area contributed by atoms with Crippen molar-refractivity contribution in [3.8, 4) is 11.5 Å². The van der Waals surface area contributed by atoms with E-state index in [2.05, 4.69) is 10.5 Å². The zero-order valence-corrected chi connectivity index (χ0v) is 17.5. The third-order valence-electron chi connectivity index (χ3n) is 4.20. The fraction of sp³-hybridized carbons (Fsp3) is 0.130.